The molecule has 0 N–H and O–H groups in total. The molecule has 0 saturated carbocycles. The molecule has 2 aromatic carbocycles. The number of methoxy groups -OCH3 is 2. The van der Waals surface area contributed by atoms with Gasteiger partial charge in [0, 0.05) is 11.6 Å². The van der Waals surface area contributed by atoms with E-state index in [4.69, 9.17) is 15.9 Å². The van der Waals surface area contributed by atoms with Crippen molar-refractivity contribution in [2.45, 2.75) is 0 Å². The summed E-state index contributed by atoms with van der Waals surface area (Å²) < 4.78 is 10.6. The standard InChI is InChI=1S/C18H14O2/c1-4-15-12-16(18(20-3)13-17(15)19-2)11-10-14-8-6-5-7-9-14/h1,5-9,12-13H,2-3H3. The Hall–Kier alpha value is -2.84. The maximum Gasteiger partial charge on any atom is 0.138 e. The molecule has 0 aliphatic carbocycles. The minimum absolute atomic E-state index is 0.606. The lowest BCUT2D eigenvalue weighted by atomic mass is 10.1. The van der Waals surface area contributed by atoms with Crippen LogP contribution in [0.5, 0.6) is 11.5 Å². The Bertz CT molecular complexity index is 698. The van der Waals surface area contributed by atoms with Crippen LogP contribution in [0, 0.1) is 24.2 Å². The van der Waals surface area contributed by atoms with Gasteiger partial charge in [-0.1, -0.05) is 36.0 Å². The number of terminal acetylenes is 1. The van der Waals surface area contributed by atoms with E-state index in [9.17, 15) is 0 Å². The average Bonchev–Trinajstić information content (AvgIpc) is 2.52. The Kier molecular flexibility index (Phi) is 4.32. The smallest absolute Gasteiger partial charge is 0.138 e. The van der Waals surface area contributed by atoms with Crippen molar-refractivity contribution < 1.29 is 9.47 Å². The molecule has 2 heteroatoms. The molecule has 0 bridgehead atoms. The Morgan fingerprint density at radius 3 is 2.10 bits per heavy atom. The molecule has 98 valence electrons. The quantitative estimate of drug-likeness (QED) is 0.774. The summed E-state index contributed by atoms with van der Waals surface area (Å²) in [6.07, 6.45) is 5.47. The highest BCUT2D eigenvalue weighted by Gasteiger charge is 2.08. The number of rotatable bonds is 2. The molecule has 0 saturated heterocycles. The van der Waals surface area contributed by atoms with Crippen LogP contribution in [0.2, 0.25) is 0 Å². The summed E-state index contributed by atoms with van der Waals surface area (Å²) in [5.74, 6) is 10.0. The second-order valence-electron chi connectivity index (χ2n) is 4.01. The van der Waals surface area contributed by atoms with Gasteiger partial charge in [-0.2, -0.15) is 0 Å². The first-order valence-corrected chi connectivity index (χ1v) is 6.08. The first-order chi connectivity index (χ1) is 9.78. The van der Waals surface area contributed by atoms with E-state index >= 15 is 0 Å². The molecule has 0 radical (unpaired) electrons. The molecule has 0 unspecified atom stereocenters. The molecule has 2 aromatic rings. The van der Waals surface area contributed by atoms with E-state index in [2.05, 4.69) is 17.8 Å². The predicted molar refractivity (Wildman–Crippen MR) is 79.9 cm³/mol. The first-order valence-electron chi connectivity index (χ1n) is 6.08. The molecule has 0 aliphatic heterocycles. The SMILES string of the molecule is C#Cc1cc(C#Cc2ccccc2)c(OC)cc1OC. The van der Waals surface area contributed by atoms with E-state index in [1.54, 1.807) is 26.4 Å². The minimum Gasteiger partial charge on any atom is -0.495 e. The van der Waals surface area contributed by atoms with Gasteiger partial charge >= 0.3 is 0 Å². The van der Waals surface area contributed by atoms with Crippen molar-refractivity contribution in [3.63, 3.8) is 0 Å². The highest BCUT2D eigenvalue weighted by atomic mass is 16.5. The van der Waals surface area contributed by atoms with Gasteiger partial charge in [-0.3, -0.25) is 0 Å². The summed E-state index contributed by atoms with van der Waals surface area (Å²) in [6.45, 7) is 0. The molecule has 0 aromatic heterocycles. The third-order valence-electron chi connectivity index (χ3n) is 2.79. The van der Waals surface area contributed by atoms with Gasteiger partial charge in [0.1, 0.15) is 11.5 Å². The molecule has 0 fully saturated rings. The zero-order valence-corrected chi connectivity index (χ0v) is 11.4. The third kappa shape index (κ3) is 2.94. The van der Waals surface area contributed by atoms with Crippen LogP contribution in [0.4, 0.5) is 0 Å². The number of hydrogen-bond acceptors (Lipinski definition) is 2. The second-order valence-corrected chi connectivity index (χ2v) is 4.01. The van der Waals surface area contributed by atoms with Gasteiger partial charge in [-0.15, -0.1) is 6.42 Å². The lowest BCUT2D eigenvalue weighted by molar-refractivity contribution is 0.393. The zero-order chi connectivity index (χ0) is 14.4. The van der Waals surface area contributed by atoms with Gasteiger partial charge in [0.2, 0.25) is 0 Å². The highest BCUT2D eigenvalue weighted by Crippen LogP contribution is 2.28. The van der Waals surface area contributed by atoms with E-state index in [0.717, 1.165) is 11.1 Å². The highest BCUT2D eigenvalue weighted by molar-refractivity contribution is 5.59. The van der Waals surface area contributed by atoms with Crippen LogP contribution in [-0.4, -0.2) is 14.2 Å². The lowest BCUT2D eigenvalue weighted by Crippen LogP contribution is -1.94. The fraction of sp³-hybridized carbons (Fsp3) is 0.111. The van der Waals surface area contributed by atoms with Gasteiger partial charge in [0.05, 0.1) is 25.3 Å². The van der Waals surface area contributed by atoms with E-state index in [1.807, 2.05) is 30.3 Å². The van der Waals surface area contributed by atoms with E-state index < -0.39 is 0 Å². The summed E-state index contributed by atoms with van der Waals surface area (Å²) in [5, 5.41) is 0. The van der Waals surface area contributed by atoms with Crippen molar-refractivity contribution in [2.75, 3.05) is 14.2 Å². The van der Waals surface area contributed by atoms with Gasteiger partial charge in [-0.25, -0.2) is 0 Å². The minimum atomic E-state index is 0.606. The fourth-order valence-electron chi connectivity index (χ4n) is 1.77. The molecule has 2 rings (SSSR count). The summed E-state index contributed by atoms with van der Waals surface area (Å²) in [6, 6.07) is 13.3. The maximum absolute atomic E-state index is 5.47. The molecule has 0 atom stereocenters. The van der Waals surface area contributed by atoms with Crippen LogP contribution in [0.25, 0.3) is 0 Å². The Morgan fingerprint density at radius 1 is 0.850 bits per heavy atom. The summed E-state index contributed by atoms with van der Waals surface area (Å²) in [5.41, 5.74) is 2.34. The van der Waals surface area contributed by atoms with Gasteiger partial charge in [0.25, 0.3) is 0 Å². The van der Waals surface area contributed by atoms with Crippen LogP contribution in [0.3, 0.4) is 0 Å². The van der Waals surface area contributed by atoms with Crippen molar-refractivity contribution in [1.82, 2.24) is 0 Å². The summed E-state index contributed by atoms with van der Waals surface area (Å²) in [4.78, 5) is 0. The molecule has 0 aliphatic rings. The number of benzene rings is 2. The Labute approximate surface area is 119 Å². The van der Waals surface area contributed by atoms with Gasteiger partial charge in [-0.05, 0) is 18.2 Å². The van der Waals surface area contributed by atoms with Crippen molar-refractivity contribution in [1.29, 1.82) is 0 Å². The molecule has 20 heavy (non-hydrogen) atoms. The maximum atomic E-state index is 5.47. The summed E-state index contributed by atoms with van der Waals surface area (Å²) >= 11 is 0. The molecular weight excluding hydrogens is 248 g/mol. The second kappa shape index (κ2) is 6.36. The molecular formula is C18H14O2. The molecule has 0 amide bonds. The third-order valence-corrected chi connectivity index (χ3v) is 2.79. The lowest BCUT2D eigenvalue weighted by Gasteiger charge is -2.08. The summed E-state index contributed by atoms with van der Waals surface area (Å²) in [7, 11) is 3.17. The average molecular weight is 262 g/mol. The van der Waals surface area contributed by atoms with Crippen molar-refractivity contribution in [2.24, 2.45) is 0 Å². The van der Waals surface area contributed by atoms with Gasteiger partial charge in [0.15, 0.2) is 0 Å². The van der Waals surface area contributed by atoms with Crippen molar-refractivity contribution >= 4 is 0 Å². The van der Waals surface area contributed by atoms with Crippen LogP contribution >= 0.6 is 0 Å². The number of ether oxygens (including phenoxy) is 2. The van der Waals surface area contributed by atoms with Crippen LogP contribution in [-0.2, 0) is 0 Å². The van der Waals surface area contributed by atoms with Crippen LogP contribution in [0.1, 0.15) is 16.7 Å². The monoisotopic (exact) mass is 262 g/mol. The number of hydrogen-bond donors (Lipinski definition) is 0. The van der Waals surface area contributed by atoms with Crippen molar-refractivity contribution in [3.8, 4) is 35.7 Å². The van der Waals surface area contributed by atoms with E-state index in [-0.39, 0.29) is 0 Å². The largest absolute Gasteiger partial charge is 0.495 e. The topological polar surface area (TPSA) is 18.5 Å². The fourth-order valence-corrected chi connectivity index (χ4v) is 1.77. The van der Waals surface area contributed by atoms with Crippen LogP contribution in [0.15, 0.2) is 42.5 Å². The Morgan fingerprint density at radius 2 is 1.50 bits per heavy atom. The molecule has 0 spiro atoms. The van der Waals surface area contributed by atoms with E-state index in [1.165, 1.54) is 0 Å². The van der Waals surface area contributed by atoms with Crippen molar-refractivity contribution in [3.05, 3.63) is 59.2 Å². The van der Waals surface area contributed by atoms with Crippen LogP contribution < -0.4 is 9.47 Å². The normalized spacial score (nSPS) is 9.05. The zero-order valence-electron chi connectivity index (χ0n) is 11.4. The first kappa shape index (κ1) is 13.6. The van der Waals surface area contributed by atoms with Gasteiger partial charge < -0.3 is 9.47 Å². The Balaban J connectivity index is 2.47. The van der Waals surface area contributed by atoms with E-state index in [0.29, 0.717) is 17.1 Å². The molecule has 2 nitrogen and oxygen atoms in total. The predicted octanol–water partition coefficient (Wildman–Crippen LogP) is 3.08. The molecule has 0 heterocycles.